The van der Waals surface area contributed by atoms with Crippen LogP contribution < -0.4 is 0 Å². The molecule has 3 aromatic rings. The Morgan fingerprint density at radius 2 is 2.19 bits per heavy atom. The molecule has 7 nitrogen and oxygen atoms in total. The number of carbonyl (C=O) groups excluding carboxylic acids is 1. The summed E-state index contributed by atoms with van der Waals surface area (Å²) < 4.78 is 7.15. The van der Waals surface area contributed by atoms with Gasteiger partial charge in [0.05, 0.1) is 5.56 Å². The van der Waals surface area contributed by atoms with Crippen LogP contribution in [0.1, 0.15) is 60.0 Å². The Kier molecular flexibility index (Phi) is 4.69. The number of aromatic nitrogens is 5. The molecule has 1 N–H and O–H groups in total. The molecule has 1 aliphatic rings. The Bertz CT molecular complexity index is 927. The van der Waals surface area contributed by atoms with Crippen LogP contribution in [0.3, 0.4) is 0 Å². The molecule has 0 radical (unpaired) electrons. The first-order valence-corrected chi connectivity index (χ1v) is 9.32. The van der Waals surface area contributed by atoms with E-state index in [1.54, 1.807) is 4.68 Å². The zero-order valence-corrected chi connectivity index (χ0v) is 15.0. The molecule has 0 spiro atoms. The number of hydrogen-bond donors (Lipinski definition) is 1. The summed E-state index contributed by atoms with van der Waals surface area (Å²) in [6, 6.07) is 5.72. The van der Waals surface area contributed by atoms with E-state index in [2.05, 4.69) is 27.4 Å². The van der Waals surface area contributed by atoms with Crippen molar-refractivity contribution in [1.82, 2.24) is 25.2 Å². The summed E-state index contributed by atoms with van der Waals surface area (Å²) in [6.45, 7) is 2.93. The van der Waals surface area contributed by atoms with Gasteiger partial charge in [-0.1, -0.05) is 13.3 Å². The quantitative estimate of drug-likeness (QED) is 0.688. The molecular weight excluding hydrogens is 330 g/mol. The van der Waals surface area contributed by atoms with Crippen molar-refractivity contribution in [3.05, 3.63) is 40.8 Å². The molecule has 7 heteroatoms. The third-order valence-electron chi connectivity index (χ3n) is 5.00. The normalized spacial score (nSPS) is 13.7. The van der Waals surface area contributed by atoms with Gasteiger partial charge in [0.25, 0.3) is 0 Å². The van der Waals surface area contributed by atoms with E-state index in [-0.39, 0.29) is 12.6 Å². The molecule has 136 valence electrons. The molecule has 2 heterocycles. The molecular formula is C19H23N5O2. The van der Waals surface area contributed by atoms with Gasteiger partial charge in [0.1, 0.15) is 0 Å². The predicted molar refractivity (Wildman–Crippen MR) is 96.8 cm³/mol. The summed E-state index contributed by atoms with van der Waals surface area (Å²) >= 11 is 0. The van der Waals surface area contributed by atoms with Gasteiger partial charge in [-0.3, -0.25) is 0 Å². The van der Waals surface area contributed by atoms with E-state index >= 15 is 0 Å². The van der Waals surface area contributed by atoms with Crippen LogP contribution in [-0.2, 0) is 30.7 Å². The molecule has 0 unspecified atom stereocenters. The second kappa shape index (κ2) is 7.27. The maximum Gasteiger partial charge on any atom is 0.338 e. The summed E-state index contributed by atoms with van der Waals surface area (Å²) in [5, 5.41) is 12.7. The Balaban J connectivity index is 1.49. The number of nitrogens with zero attached hydrogens (tertiary/aromatic N) is 4. The number of hydrogen-bond acceptors (Lipinski definition) is 5. The molecule has 1 aromatic carbocycles. The minimum Gasteiger partial charge on any atom is -0.454 e. The fourth-order valence-electron chi connectivity index (χ4n) is 3.55. The van der Waals surface area contributed by atoms with Gasteiger partial charge in [0, 0.05) is 23.1 Å². The van der Waals surface area contributed by atoms with Crippen molar-refractivity contribution >= 4 is 16.9 Å². The first kappa shape index (κ1) is 16.8. The number of benzene rings is 1. The molecule has 0 atom stereocenters. The molecule has 26 heavy (non-hydrogen) atoms. The average Bonchev–Trinajstić information content (AvgIpc) is 3.27. The first-order chi connectivity index (χ1) is 12.8. The highest BCUT2D eigenvalue weighted by molar-refractivity contribution is 5.96. The van der Waals surface area contributed by atoms with E-state index in [9.17, 15) is 4.79 Å². The molecule has 4 rings (SSSR count). The number of nitrogens with one attached hydrogen (secondary N) is 1. The lowest BCUT2D eigenvalue weighted by atomic mass is 9.95. The average molecular weight is 353 g/mol. The summed E-state index contributed by atoms with van der Waals surface area (Å²) in [5.41, 5.74) is 4.32. The van der Waals surface area contributed by atoms with Gasteiger partial charge in [0.15, 0.2) is 12.4 Å². The van der Waals surface area contributed by atoms with Gasteiger partial charge >= 0.3 is 5.97 Å². The van der Waals surface area contributed by atoms with E-state index in [0.717, 1.165) is 43.1 Å². The van der Waals surface area contributed by atoms with E-state index in [4.69, 9.17) is 4.74 Å². The smallest absolute Gasteiger partial charge is 0.338 e. The highest BCUT2D eigenvalue weighted by Crippen LogP contribution is 2.29. The number of ether oxygens (including phenoxy) is 1. The number of aromatic amines is 1. The van der Waals surface area contributed by atoms with Crippen LogP contribution >= 0.6 is 0 Å². The molecule has 1 aliphatic carbocycles. The maximum atomic E-state index is 12.5. The number of aryl methyl sites for hydroxylation is 3. The van der Waals surface area contributed by atoms with Crippen LogP contribution in [-0.4, -0.2) is 31.2 Å². The van der Waals surface area contributed by atoms with Crippen molar-refractivity contribution in [2.75, 3.05) is 0 Å². The lowest BCUT2D eigenvalue weighted by Gasteiger charge is -2.10. The number of esters is 1. The van der Waals surface area contributed by atoms with Crippen LogP contribution in [0.15, 0.2) is 18.2 Å². The SMILES string of the molecule is CCCCn1nnnc1COC(=O)c1ccc2[nH]c3c(c2c1)CCCC3. The van der Waals surface area contributed by atoms with E-state index in [1.807, 2.05) is 18.2 Å². The number of fused-ring (bicyclic) bond motifs is 3. The van der Waals surface area contributed by atoms with Gasteiger partial charge < -0.3 is 9.72 Å². The predicted octanol–water partition coefficient (Wildman–Crippen LogP) is 3.19. The summed E-state index contributed by atoms with van der Waals surface area (Å²) in [6.07, 6.45) is 6.63. The largest absolute Gasteiger partial charge is 0.454 e. The summed E-state index contributed by atoms with van der Waals surface area (Å²) in [5.74, 6) is 0.231. The van der Waals surface area contributed by atoms with Crippen molar-refractivity contribution in [1.29, 1.82) is 0 Å². The second-order valence-electron chi connectivity index (χ2n) is 6.80. The van der Waals surface area contributed by atoms with Gasteiger partial charge in [-0.25, -0.2) is 9.48 Å². The van der Waals surface area contributed by atoms with Gasteiger partial charge in [0.2, 0.25) is 0 Å². The zero-order valence-electron chi connectivity index (χ0n) is 15.0. The van der Waals surface area contributed by atoms with E-state index < -0.39 is 0 Å². The van der Waals surface area contributed by atoms with Crippen LogP contribution in [0.2, 0.25) is 0 Å². The highest BCUT2D eigenvalue weighted by atomic mass is 16.5. The molecule has 0 fully saturated rings. The molecule has 0 saturated carbocycles. The summed E-state index contributed by atoms with van der Waals surface area (Å²) in [7, 11) is 0. The van der Waals surface area contributed by atoms with Gasteiger partial charge in [-0.2, -0.15) is 0 Å². The number of tetrazole rings is 1. The van der Waals surface area contributed by atoms with Crippen LogP contribution in [0.5, 0.6) is 0 Å². The number of H-pyrrole nitrogens is 1. The number of carbonyl (C=O) groups is 1. The highest BCUT2D eigenvalue weighted by Gasteiger charge is 2.18. The van der Waals surface area contributed by atoms with E-state index in [0.29, 0.717) is 11.4 Å². The molecule has 0 bridgehead atoms. The van der Waals surface area contributed by atoms with Crippen LogP contribution in [0.25, 0.3) is 10.9 Å². The Labute approximate surface area is 151 Å². The van der Waals surface area contributed by atoms with Crippen molar-refractivity contribution < 1.29 is 9.53 Å². The minimum atomic E-state index is -0.345. The zero-order chi connectivity index (χ0) is 17.9. The molecule has 2 aromatic heterocycles. The third kappa shape index (κ3) is 3.21. The topological polar surface area (TPSA) is 85.7 Å². The fourth-order valence-corrected chi connectivity index (χ4v) is 3.55. The van der Waals surface area contributed by atoms with Crippen LogP contribution in [0, 0.1) is 0 Å². The van der Waals surface area contributed by atoms with Crippen molar-refractivity contribution in [2.24, 2.45) is 0 Å². The van der Waals surface area contributed by atoms with Crippen molar-refractivity contribution in [3.63, 3.8) is 0 Å². The van der Waals surface area contributed by atoms with Gasteiger partial charge in [-0.05, 0) is 66.3 Å². The lowest BCUT2D eigenvalue weighted by Crippen LogP contribution is -2.11. The Morgan fingerprint density at radius 1 is 1.31 bits per heavy atom. The molecule has 0 amide bonds. The minimum absolute atomic E-state index is 0.0822. The lowest BCUT2D eigenvalue weighted by molar-refractivity contribution is 0.0456. The van der Waals surface area contributed by atoms with Gasteiger partial charge in [-0.15, -0.1) is 5.10 Å². The second-order valence-corrected chi connectivity index (χ2v) is 6.80. The van der Waals surface area contributed by atoms with E-state index in [1.165, 1.54) is 24.1 Å². The van der Waals surface area contributed by atoms with Crippen molar-refractivity contribution in [2.45, 2.75) is 58.6 Å². The molecule has 0 aliphatic heterocycles. The maximum absolute atomic E-state index is 12.5. The molecule has 0 saturated heterocycles. The Hall–Kier alpha value is -2.70. The monoisotopic (exact) mass is 353 g/mol. The fraction of sp³-hybridized carbons (Fsp3) is 0.474. The number of unbranched alkanes of at least 4 members (excludes halogenated alkanes) is 1. The number of rotatable bonds is 6. The summed E-state index contributed by atoms with van der Waals surface area (Å²) in [4.78, 5) is 16.0. The standard InChI is InChI=1S/C19H23N5O2/c1-2-3-10-24-18(21-22-23-24)12-26-19(25)13-8-9-17-15(11-13)14-6-4-5-7-16(14)20-17/h8-9,11,20H,2-7,10,12H2,1H3. The van der Waals surface area contributed by atoms with Crippen LogP contribution in [0.4, 0.5) is 0 Å². The third-order valence-corrected chi connectivity index (χ3v) is 5.00. The first-order valence-electron chi connectivity index (χ1n) is 9.32. The van der Waals surface area contributed by atoms with Crippen molar-refractivity contribution in [3.8, 4) is 0 Å². The Morgan fingerprint density at radius 3 is 3.08 bits per heavy atom.